The molecule has 0 bridgehead atoms. The van der Waals surface area contributed by atoms with Gasteiger partial charge in [0, 0.05) is 10.9 Å². The third kappa shape index (κ3) is 3.40. The van der Waals surface area contributed by atoms with Gasteiger partial charge in [0.25, 0.3) is 0 Å². The zero-order valence-corrected chi connectivity index (χ0v) is 10.1. The predicted molar refractivity (Wildman–Crippen MR) is 60.6 cm³/mol. The molecule has 1 aromatic carbocycles. The van der Waals surface area contributed by atoms with Gasteiger partial charge in [-0.25, -0.2) is 17.9 Å². The van der Waals surface area contributed by atoms with Crippen molar-refractivity contribution in [1.82, 2.24) is 0 Å². The molecule has 0 aliphatic carbocycles. The van der Waals surface area contributed by atoms with E-state index in [9.17, 15) is 12.8 Å². The number of hydrogen-bond donors (Lipinski definition) is 1. The Morgan fingerprint density at radius 3 is 2.60 bits per heavy atom. The SMILES string of the molecule is NS(=O)(=O)c1ccc(C=CCBr)c(F)c1. The molecule has 0 radical (unpaired) electrons. The van der Waals surface area contributed by atoms with Gasteiger partial charge >= 0.3 is 0 Å². The van der Waals surface area contributed by atoms with Crippen molar-refractivity contribution in [1.29, 1.82) is 0 Å². The molecular weight excluding hydrogens is 285 g/mol. The van der Waals surface area contributed by atoms with Crippen molar-refractivity contribution in [2.24, 2.45) is 5.14 Å². The highest BCUT2D eigenvalue weighted by atomic mass is 79.9. The van der Waals surface area contributed by atoms with E-state index in [1.807, 2.05) is 0 Å². The number of halogens is 2. The number of primary sulfonamides is 1. The molecule has 0 heterocycles. The molecule has 0 saturated carbocycles. The maximum absolute atomic E-state index is 13.3. The van der Waals surface area contributed by atoms with Gasteiger partial charge in [0.15, 0.2) is 0 Å². The van der Waals surface area contributed by atoms with Crippen molar-refractivity contribution in [3.8, 4) is 0 Å². The fourth-order valence-corrected chi connectivity index (χ4v) is 1.70. The lowest BCUT2D eigenvalue weighted by molar-refractivity contribution is 0.592. The molecule has 6 heteroatoms. The molecule has 0 aromatic heterocycles. The van der Waals surface area contributed by atoms with E-state index in [0.29, 0.717) is 10.9 Å². The molecule has 82 valence electrons. The minimum atomic E-state index is -3.84. The summed E-state index contributed by atoms with van der Waals surface area (Å²) < 4.78 is 35.1. The lowest BCUT2D eigenvalue weighted by Crippen LogP contribution is -2.12. The molecule has 0 atom stereocenters. The van der Waals surface area contributed by atoms with Gasteiger partial charge in [0.2, 0.25) is 10.0 Å². The first kappa shape index (κ1) is 12.4. The second-order valence-electron chi connectivity index (χ2n) is 2.79. The number of nitrogens with two attached hydrogens (primary N) is 1. The van der Waals surface area contributed by atoms with Crippen LogP contribution in [0.3, 0.4) is 0 Å². The van der Waals surface area contributed by atoms with E-state index >= 15 is 0 Å². The number of allylic oxidation sites excluding steroid dienone is 1. The maximum atomic E-state index is 13.3. The number of sulfonamides is 1. The van der Waals surface area contributed by atoms with Gasteiger partial charge in [-0.15, -0.1) is 0 Å². The van der Waals surface area contributed by atoms with Crippen molar-refractivity contribution >= 4 is 32.0 Å². The minimum Gasteiger partial charge on any atom is -0.225 e. The number of hydrogen-bond acceptors (Lipinski definition) is 2. The highest BCUT2D eigenvalue weighted by Crippen LogP contribution is 2.15. The van der Waals surface area contributed by atoms with Crippen LogP contribution in [0.25, 0.3) is 6.08 Å². The third-order valence-corrected chi connectivity index (χ3v) is 2.97. The van der Waals surface area contributed by atoms with Crippen LogP contribution in [-0.2, 0) is 10.0 Å². The van der Waals surface area contributed by atoms with Gasteiger partial charge in [0.1, 0.15) is 5.82 Å². The largest absolute Gasteiger partial charge is 0.238 e. The molecule has 0 unspecified atom stereocenters. The first-order valence-corrected chi connectivity index (χ1v) is 6.67. The summed E-state index contributed by atoms with van der Waals surface area (Å²) in [6.45, 7) is 0. The van der Waals surface area contributed by atoms with Crippen LogP contribution in [0, 0.1) is 5.82 Å². The lowest BCUT2D eigenvalue weighted by Gasteiger charge is -2.00. The van der Waals surface area contributed by atoms with Gasteiger partial charge in [-0.05, 0) is 12.1 Å². The Balaban J connectivity index is 3.15. The normalized spacial score (nSPS) is 12.2. The molecule has 0 spiro atoms. The second kappa shape index (κ2) is 4.87. The van der Waals surface area contributed by atoms with Crippen LogP contribution >= 0.6 is 15.9 Å². The van der Waals surface area contributed by atoms with E-state index in [-0.39, 0.29) is 4.90 Å². The average Bonchev–Trinajstić information content (AvgIpc) is 2.14. The number of benzene rings is 1. The second-order valence-corrected chi connectivity index (χ2v) is 4.99. The Hall–Kier alpha value is -0.720. The summed E-state index contributed by atoms with van der Waals surface area (Å²) in [5, 5.41) is 5.46. The van der Waals surface area contributed by atoms with Crippen molar-refractivity contribution in [3.63, 3.8) is 0 Å². The van der Waals surface area contributed by atoms with Gasteiger partial charge in [-0.1, -0.05) is 34.1 Å². The molecule has 1 rings (SSSR count). The summed E-state index contributed by atoms with van der Waals surface area (Å²) in [6, 6.07) is 3.55. The summed E-state index contributed by atoms with van der Waals surface area (Å²) in [6.07, 6.45) is 3.26. The van der Waals surface area contributed by atoms with E-state index in [4.69, 9.17) is 5.14 Å². The predicted octanol–water partition coefficient (Wildman–Crippen LogP) is 1.88. The van der Waals surface area contributed by atoms with Crippen LogP contribution < -0.4 is 5.14 Å². The zero-order chi connectivity index (χ0) is 11.5. The van der Waals surface area contributed by atoms with Crippen molar-refractivity contribution < 1.29 is 12.8 Å². The van der Waals surface area contributed by atoms with Gasteiger partial charge in [-0.2, -0.15) is 0 Å². The standard InChI is InChI=1S/C9H9BrFNO2S/c10-5-1-2-7-3-4-8(6-9(7)11)15(12,13)14/h1-4,6H,5H2,(H2,12,13,14). The smallest absolute Gasteiger partial charge is 0.225 e. The van der Waals surface area contributed by atoms with Crippen LogP contribution in [0.2, 0.25) is 0 Å². The van der Waals surface area contributed by atoms with Crippen LogP contribution in [0.4, 0.5) is 4.39 Å². The van der Waals surface area contributed by atoms with Crippen molar-refractivity contribution in [3.05, 3.63) is 35.7 Å². The minimum absolute atomic E-state index is 0.226. The van der Waals surface area contributed by atoms with Crippen LogP contribution in [0.1, 0.15) is 5.56 Å². The monoisotopic (exact) mass is 293 g/mol. The quantitative estimate of drug-likeness (QED) is 0.865. The average molecular weight is 294 g/mol. The molecule has 0 fully saturated rings. The molecule has 0 aliphatic heterocycles. The van der Waals surface area contributed by atoms with Gasteiger partial charge in [-0.3, -0.25) is 0 Å². The molecule has 1 aromatic rings. The number of rotatable bonds is 3. The summed E-state index contributed by atoms with van der Waals surface area (Å²) in [7, 11) is -3.84. The van der Waals surface area contributed by atoms with E-state index in [1.165, 1.54) is 12.1 Å². The van der Waals surface area contributed by atoms with E-state index in [0.717, 1.165) is 6.07 Å². The molecule has 15 heavy (non-hydrogen) atoms. The summed E-state index contributed by atoms with van der Waals surface area (Å²) in [4.78, 5) is -0.226. The van der Waals surface area contributed by atoms with E-state index < -0.39 is 15.8 Å². The Kier molecular flexibility index (Phi) is 4.01. The Morgan fingerprint density at radius 2 is 2.13 bits per heavy atom. The van der Waals surface area contributed by atoms with Crippen LogP contribution in [0.15, 0.2) is 29.2 Å². The highest BCUT2D eigenvalue weighted by Gasteiger charge is 2.09. The van der Waals surface area contributed by atoms with Gasteiger partial charge < -0.3 is 0 Å². The Bertz CT molecular complexity index is 485. The summed E-state index contributed by atoms with van der Waals surface area (Å²) in [5.74, 6) is -0.612. The summed E-state index contributed by atoms with van der Waals surface area (Å²) >= 11 is 3.15. The zero-order valence-electron chi connectivity index (χ0n) is 7.65. The first-order valence-electron chi connectivity index (χ1n) is 4.00. The molecule has 0 aliphatic rings. The first-order chi connectivity index (χ1) is 6.95. The lowest BCUT2D eigenvalue weighted by atomic mass is 10.2. The fraction of sp³-hybridized carbons (Fsp3) is 0.111. The molecule has 0 amide bonds. The van der Waals surface area contributed by atoms with Gasteiger partial charge in [0.05, 0.1) is 4.90 Å². The number of alkyl halides is 1. The molecular formula is C9H9BrFNO2S. The van der Waals surface area contributed by atoms with E-state index in [1.54, 1.807) is 12.2 Å². The highest BCUT2D eigenvalue weighted by molar-refractivity contribution is 9.09. The van der Waals surface area contributed by atoms with Crippen molar-refractivity contribution in [2.75, 3.05) is 5.33 Å². The summed E-state index contributed by atoms with van der Waals surface area (Å²) in [5.41, 5.74) is 0.321. The third-order valence-electron chi connectivity index (χ3n) is 1.69. The molecule has 3 nitrogen and oxygen atoms in total. The maximum Gasteiger partial charge on any atom is 0.238 e. The van der Waals surface area contributed by atoms with Crippen LogP contribution in [-0.4, -0.2) is 13.7 Å². The molecule has 2 N–H and O–H groups in total. The Labute approximate surface area is 96.0 Å². The Morgan fingerprint density at radius 1 is 1.47 bits per heavy atom. The molecule has 0 saturated heterocycles. The topological polar surface area (TPSA) is 60.2 Å². The fourth-order valence-electron chi connectivity index (χ4n) is 0.992. The van der Waals surface area contributed by atoms with Crippen LogP contribution in [0.5, 0.6) is 0 Å². The van der Waals surface area contributed by atoms with Crippen molar-refractivity contribution in [2.45, 2.75) is 4.90 Å². The van der Waals surface area contributed by atoms with E-state index in [2.05, 4.69) is 15.9 Å².